The van der Waals surface area contributed by atoms with Gasteiger partial charge in [-0.2, -0.15) is 11.3 Å². The maximum absolute atomic E-state index is 4.86. The number of fused-ring (bicyclic) bond motifs is 1. The Hall–Kier alpha value is -2.44. The molecule has 2 aliphatic rings. The van der Waals surface area contributed by atoms with Gasteiger partial charge in [0, 0.05) is 55.3 Å². The Kier molecular flexibility index (Phi) is 4.97. The van der Waals surface area contributed by atoms with Crippen LogP contribution in [-0.4, -0.2) is 38.7 Å². The summed E-state index contributed by atoms with van der Waals surface area (Å²) in [6.07, 6.45) is 6.37. The quantitative estimate of drug-likeness (QED) is 0.673. The van der Waals surface area contributed by atoms with Gasteiger partial charge in [0.05, 0.1) is 22.8 Å². The molecule has 2 aliphatic heterocycles. The molecule has 5 heterocycles. The minimum absolute atomic E-state index is 0.844. The average Bonchev–Trinajstić information content (AvgIpc) is 3.29. The molecule has 5 nitrogen and oxygen atoms in total. The van der Waals surface area contributed by atoms with E-state index in [1.54, 1.807) is 11.3 Å². The molecule has 0 bridgehead atoms. The van der Waals surface area contributed by atoms with Crippen molar-refractivity contribution in [3.05, 3.63) is 64.0 Å². The first-order valence-electron chi connectivity index (χ1n) is 9.94. The molecule has 6 heteroatoms. The predicted octanol–water partition coefficient (Wildman–Crippen LogP) is 4.13. The van der Waals surface area contributed by atoms with Crippen LogP contribution in [0.5, 0.6) is 0 Å². The van der Waals surface area contributed by atoms with E-state index < -0.39 is 0 Å². The number of nitrogens with zero attached hydrogens (tertiary/aromatic N) is 5. The van der Waals surface area contributed by atoms with Crippen molar-refractivity contribution in [2.24, 2.45) is 4.99 Å². The first kappa shape index (κ1) is 17.6. The van der Waals surface area contributed by atoms with E-state index in [1.165, 1.54) is 29.7 Å². The molecular weight excluding hydrogens is 366 g/mol. The number of aromatic nitrogens is 3. The summed E-state index contributed by atoms with van der Waals surface area (Å²) >= 11 is 1.71. The van der Waals surface area contributed by atoms with Crippen LogP contribution in [0.1, 0.15) is 42.0 Å². The van der Waals surface area contributed by atoms with Gasteiger partial charge in [0.1, 0.15) is 0 Å². The summed E-state index contributed by atoms with van der Waals surface area (Å²) in [5, 5.41) is 4.24. The Morgan fingerprint density at radius 2 is 2.07 bits per heavy atom. The highest BCUT2D eigenvalue weighted by molar-refractivity contribution is 7.08. The van der Waals surface area contributed by atoms with Gasteiger partial charge in [-0.3, -0.25) is 14.9 Å². The molecule has 3 aromatic heterocycles. The summed E-state index contributed by atoms with van der Waals surface area (Å²) in [6, 6.07) is 8.43. The fraction of sp³-hybridized carbons (Fsp3) is 0.364. The van der Waals surface area contributed by atoms with E-state index in [-0.39, 0.29) is 0 Å². The molecule has 28 heavy (non-hydrogen) atoms. The summed E-state index contributed by atoms with van der Waals surface area (Å²) < 4.78 is 0. The highest BCUT2D eigenvalue weighted by Crippen LogP contribution is 2.22. The Balaban J connectivity index is 1.30. The third-order valence-corrected chi connectivity index (χ3v) is 6.09. The molecule has 0 aliphatic carbocycles. The van der Waals surface area contributed by atoms with Crippen LogP contribution in [0.2, 0.25) is 0 Å². The molecule has 142 valence electrons. The molecule has 3 aromatic rings. The predicted molar refractivity (Wildman–Crippen MR) is 113 cm³/mol. The van der Waals surface area contributed by atoms with Gasteiger partial charge in [-0.15, -0.1) is 0 Å². The summed E-state index contributed by atoms with van der Waals surface area (Å²) in [5.41, 5.74) is 6.88. The number of aliphatic imine (C=N–C) groups is 1. The van der Waals surface area contributed by atoms with Crippen LogP contribution >= 0.6 is 11.3 Å². The van der Waals surface area contributed by atoms with Crippen molar-refractivity contribution in [1.82, 2.24) is 19.9 Å². The van der Waals surface area contributed by atoms with Gasteiger partial charge in [0.15, 0.2) is 5.82 Å². The first-order valence-corrected chi connectivity index (χ1v) is 10.9. The van der Waals surface area contributed by atoms with E-state index in [1.807, 2.05) is 6.20 Å². The van der Waals surface area contributed by atoms with Crippen molar-refractivity contribution < 1.29 is 0 Å². The Bertz CT molecular complexity index is 996. The molecule has 0 N–H and O–H groups in total. The number of thiophene rings is 1. The largest absolute Gasteiger partial charge is 0.293 e. The summed E-state index contributed by atoms with van der Waals surface area (Å²) in [7, 11) is 0. The molecule has 0 spiro atoms. The van der Waals surface area contributed by atoms with Crippen LogP contribution in [0.15, 0.2) is 46.2 Å². The van der Waals surface area contributed by atoms with Gasteiger partial charge in [0.2, 0.25) is 0 Å². The second-order valence-corrected chi connectivity index (χ2v) is 8.22. The maximum atomic E-state index is 4.86. The first-order chi connectivity index (χ1) is 13.8. The molecule has 0 amide bonds. The highest BCUT2D eigenvalue weighted by Gasteiger charge is 2.20. The molecule has 0 saturated heterocycles. The minimum atomic E-state index is 0.844. The monoisotopic (exact) mass is 389 g/mol. The number of pyridine rings is 1. The Morgan fingerprint density at radius 1 is 1.07 bits per heavy atom. The smallest absolute Gasteiger partial charge is 0.173 e. The van der Waals surface area contributed by atoms with Gasteiger partial charge >= 0.3 is 0 Å². The molecule has 0 radical (unpaired) electrons. The maximum Gasteiger partial charge on any atom is 0.173 e. The lowest BCUT2D eigenvalue weighted by Crippen LogP contribution is -2.31. The normalized spacial score (nSPS) is 17.2. The van der Waals surface area contributed by atoms with E-state index in [0.717, 1.165) is 61.9 Å². The Morgan fingerprint density at radius 3 is 2.93 bits per heavy atom. The molecule has 0 aromatic carbocycles. The van der Waals surface area contributed by atoms with Crippen LogP contribution in [0.25, 0.3) is 11.3 Å². The Labute approximate surface area is 169 Å². The standard InChI is InChI=1S/C22H23N5S/c1-2-9-23-21(5-1)22-24-12-17-13-27(10-7-20(17)26-22)14-18-4-3-6-19(25-18)16-8-11-28-15-16/h3-4,6,8,11-12,15H,1-2,5,7,9-10,13-14H2. The highest BCUT2D eigenvalue weighted by atomic mass is 32.1. The number of hydrogen-bond donors (Lipinski definition) is 0. The summed E-state index contributed by atoms with van der Waals surface area (Å²) in [5.74, 6) is 0.844. The fourth-order valence-electron chi connectivity index (χ4n) is 3.90. The SMILES string of the molecule is c1cc(CN2CCc3nc(C4=NCCCC4)ncc3C2)nc(-c2ccsc2)c1. The summed E-state index contributed by atoms with van der Waals surface area (Å²) in [6.45, 7) is 3.65. The van der Waals surface area contributed by atoms with Crippen LogP contribution in [0.3, 0.4) is 0 Å². The van der Waals surface area contributed by atoms with Crippen molar-refractivity contribution in [3.63, 3.8) is 0 Å². The third kappa shape index (κ3) is 3.75. The second kappa shape index (κ2) is 7.89. The molecule has 5 rings (SSSR count). The van der Waals surface area contributed by atoms with E-state index in [0.29, 0.717) is 0 Å². The van der Waals surface area contributed by atoms with Crippen molar-refractivity contribution in [2.45, 2.75) is 38.8 Å². The zero-order chi connectivity index (χ0) is 18.8. The third-order valence-electron chi connectivity index (χ3n) is 5.40. The molecule has 0 fully saturated rings. The fourth-order valence-corrected chi connectivity index (χ4v) is 4.55. The van der Waals surface area contributed by atoms with Gasteiger partial charge in [-0.1, -0.05) is 6.07 Å². The molecule has 0 unspecified atom stereocenters. The topological polar surface area (TPSA) is 54.3 Å². The van der Waals surface area contributed by atoms with Crippen molar-refractivity contribution >= 4 is 17.0 Å². The van der Waals surface area contributed by atoms with E-state index in [9.17, 15) is 0 Å². The molecule has 0 atom stereocenters. The van der Waals surface area contributed by atoms with E-state index >= 15 is 0 Å². The van der Waals surface area contributed by atoms with Crippen molar-refractivity contribution in [2.75, 3.05) is 13.1 Å². The van der Waals surface area contributed by atoms with Crippen LogP contribution in [0, 0.1) is 0 Å². The number of hydrogen-bond acceptors (Lipinski definition) is 6. The molecular formula is C22H23N5S. The van der Waals surface area contributed by atoms with Crippen molar-refractivity contribution in [1.29, 1.82) is 0 Å². The van der Waals surface area contributed by atoms with Gasteiger partial charge in [0.25, 0.3) is 0 Å². The summed E-state index contributed by atoms with van der Waals surface area (Å²) in [4.78, 5) is 21.4. The van der Waals surface area contributed by atoms with E-state index in [2.05, 4.69) is 49.9 Å². The zero-order valence-corrected chi connectivity index (χ0v) is 16.7. The lowest BCUT2D eigenvalue weighted by atomic mass is 10.1. The van der Waals surface area contributed by atoms with E-state index in [4.69, 9.17) is 9.97 Å². The lowest BCUT2D eigenvalue weighted by Gasteiger charge is -2.28. The average molecular weight is 390 g/mol. The second-order valence-electron chi connectivity index (χ2n) is 7.44. The van der Waals surface area contributed by atoms with Gasteiger partial charge in [-0.25, -0.2) is 9.97 Å². The molecule has 0 saturated carbocycles. The van der Waals surface area contributed by atoms with Crippen LogP contribution in [0.4, 0.5) is 0 Å². The van der Waals surface area contributed by atoms with Crippen LogP contribution in [-0.2, 0) is 19.5 Å². The van der Waals surface area contributed by atoms with Crippen LogP contribution < -0.4 is 0 Å². The lowest BCUT2D eigenvalue weighted by molar-refractivity contribution is 0.240. The van der Waals surface area contributed by atoms with Gasteiger partial charge in [-0.05, 0) is 42.8 Å². The number of rotatable bonds is 4. The minimum Gasteiger partial charge on any atom is -0.293 e. The van der Waals surface area contributed by atoms with Crippen molar-refractivity contribution in [3.8, 4) is 11.3 Å². The van der Waals surface area contributed by atoms with Gasteiger partial charge < -0.3 is 0 Å². The zero-order valence-electron chi connectivity index (χ0n) is 15.8.